The quantitative estimate of drug-likeness (QED) is 0.890. The Labute approximate surface area is 126 Å². The predicted molar refractivity (Wildman–Crippen MR) is 87.3 cm³/mol. The molecule has 0 amide bonds. The van der Waals surface area contributed by atoms with Crippen LogP contribution < -0.4 is 9.62 Å². The molecule has 0 bridgehead atoms. The van der Waals surface area contributed by atoms with Crippen LogP contribution in [0, 0.1) is 0 Å². The lowest BCUT2D eigenvalue weighted by Gasteiger charge is -2.23. The Morgan fingerprint density at radius 1 is 0.952 bits per heavy atom. The summed E-state index contributed by atoms with van der Waals surface area (Å²) >= 11 is 0. The van der Waals surface area contributed by atoms with E-state index in [0.717, 1.165) is 12.2 Å². The molecule has 2 aromatic carbocycles. The number of anilines is 2. The van der Waals surface area contributed by atoms with Gasteiger partial charge in [0.15, 0.2) is 0 Å². The van der Waals surface area contributed by atoms with Crippen LogP contribution in [0.25, 0.3) is 0 Å². The molecule has 0 heterocycles. The van der Waals surface area contributed by atoms with Gasteiger partial charge >= 0.3 is 0 Å². The van der Waals surface area contributed by atoms with Crippen LogP contribution in [0.3, 0.4) is 0 Å². The number of sulfonamides is 1. The van der Waals surface area contributed by atoms with E-state index in [1.165, 1.54) is 4.31 Å². The van der Waals surface area contributed by atoms with E-state index in [1.807, 2.05) is 32.0 Å². The zero-order valence-corrected chi connectivity index (χ0v) is 13.1. The van der Waals surface area contributed by atoms with E-state index >= 15 is 0 Å². The van der Waals surface area contributed by atoms with Crippen molar-refractivity contribution in [3.05, 3.63) is 54.6 Å². The second-order valence-electron chi connectivity index (χ2n) is 4.56. The third kappa shape index (κ3) is 3.36. The maximum Gasteiger partial charge on any atom is 0.264 e. The van der Waals surface area contributed by atoms with Gasteiger partial charge in [-0.2, -0.15) is 0 Å². The molecule has 2 aromatic rings. The number of rotatable bonds is 6. The smallest absolute Gasteiger partial charge is 0.264 e. The second-order valence-corrected chi connectivity index (χ2v) is 6.42. The molecule has 0 aliphatic carbocycles. The van der Waals surface area contributed by atoms with Crippen LogP contribution in [0.4, 0.5) is 11.4 Å². The highest BCUT2D eigenvalue weighted by Gasteiger charge is 2.23. The summed E-state index contributed by atoms with van der Waals surface area (Å²) in [4.78, 5) is 0.301. The molecule has 4 nitrogen and oxygen atoms in total. The lowest BCUT2D eigenvalue weighted by molar-refractivity contribution is 0.592. The first-order valence-electron chi connectivity index (χ1n) is 7.01. The van der Waals surface area contributed by atoms with Gasteiger partial charge < -0.3 is 5.32 Å². The number of nitrogens with zero attached hydrogens (tertiary/aromatic N) is 1. The summed E-state index contributed by atoms with van der Waals surface area (Å²) in [5, 5.41) is 3.15. The maximum absolute atomic E-state index is 12.7. The monoisotopic (exact) mass is 304 g/mol. The van der Waals surface area contributed by atoms with Gasteiger partial charge in [-0.05, 0) is 50.2 Å². The molecule has 2 rings (SSSR count). The molecule has 0 aromatic heterocycles. The van der Waals surface area contributed by atoms with Gasteiger partial charge in [0.25, 0.3) is 10.0 Å². The first-order chi connectivity index (χ1) is 10.1. The molecule has 1 N–H and O–H groups in total. The van der Waals surface area contributed by atoms with E-state index in [0.29, 0.717) is 17.1 Å². The third-order valence-electron chi connectivity index (χ3n) is 3.15. The highest BCUT2D eigenvalue weighted by molar-refractivity contribution is 7.92. The van der Waals surface area contributed by atoms with E-state index in [-0.39, 0.29) is 0 Å². The average molecular weight is 304 g/mol. The minimum absolute atomic E-state index is 0.301. The molecule has 21 heavy (non-hydrogen) atoms. The Bertz CT molecular complexity index is 667. The molecule has 0 atom stereocenters. The fraction of sp³-hybridized carbons (Fsp3) is 0.250. The van der Waals surface area contributed by atoms with Gasteiger partial charge in [0, 0.05) is 18.8 Å². The van der Waals surface area contributed by atoms with Crippen molar-refractivity contribution in [3.63, 3.8) is 0 Å². The van der Waals surface area contributed by atoms with E-state index in [9.17, 15) is 8.42 Å². The van der Waals surface area contributed by atoms with Crippen LogP contribution in [-0.2, 0) is 10.0 Å². The maximum atomic E-state index is 12.7. The first-order valence-corrected chi connectivity index (χ1v) is 8.45. The van der Waals surface area contributed by atoms with Crippen molar-refractivity contribution in [3.8, 4) is 0 Å². The molecule has 0 fully saturated rings. The molecular weight excluding hydrogens is 284 g/mol. The minimum atomic E-state index is -3.53. The summed E-state index contributed by atoms with van der Waals surface area (Å²) in [6.07, 6.45) is 0. The molecule has 5 heteroatoms. The van der Waals surface area contributed by atoms with E-state index in [1.54, 1.807) is 36.4 Å². The lowest BCUT2D eigenvalue weighted by Crippen LogP contribution is -2.30. The van der Waals surface area contributed by atoms with Gasteiger partial charge in [-0.25, -0.2) is 8.42 Å². The fourth-order valence-corrected chi connectivity index (χ4v) is 3.64. The summed E-state index contributed by atoms with van der Waals surface area (Å²) in [5.74, 6) is 0. The predicted octanol–water partition coefficient (Wildman–Crippen LogP) is 3.33. The molecule has 0 unspecified atom stereocenters. The molecule has 0 saturated carbocycles. The zero-order chi connectivity index (χ0) is 15.3. The number of benzene rings is 2. The van der Waals surface area contributed by atoms with Crippen LogP contribution >= 0.6 is 0 Å². The standard InChI is InChI=1S/C16H20N2O2S/c1-3-17-14-10-12-16(13-11-14)21(19,20)18(4-2)15-8-6-5-7-9-15/h5-13,17H,3-4H2,1-2H3. The van der Waals surface area contributed by atoms with Gasteiger partial charge in [0.05, 0.1) is 10.6 Å². The summed E-state index contributed by atoms with van der Waals surface area (Å²) < 4.78 is 26.9. The molecule has 0 aliphatic heterocycles. The highest BCUT2D eigenvalue weighted by atomic mass is 32.2. The first kappa shape index (κ1) is 15.4. The third-order valence-corrected chi connectivity index (χ3v) is 5.07. The number of nitrogens with one attached hydrogen (secondary N) is 1. The molecule has 0 saturated heterocycles. The van der Waals surface area contributed by atoms with E-state index < -0.39 is 10.0 Å². The van der Waals surface area contributed by atoms with Crippen LogP contribution in [0.2, 0.25) is 0 Å². The minimum Gasteiger partial charge on any atom is -0.385 e. The molecule has 0 radical (unpaired) electrons. The van der Waals surface area contributed by atoms with Crippen LogP contribution in [-0.4, -0.2) is 21.5 Å². The summed E-state index contributed by atoms with van der Waals surface area (Å²) in [6.45, 7) is 5.02. The Morgan fingerprint density at radius 3 is 2.10 bits per heavy atom. The van der Waals surface area contributed by atoms with Crippen molar-refractivity contribution in [2.24, 2.45) is 0 Å². The normalized spacial score (nSPS) is 11.1. The molecule has 0 aliphatic rings. The zero-order valence-electron chi connectivity index (χ0n) is 12.3. The topological polar surface area (TPSA) is 49.4 Å². The summed E-state index contributed by atoms with van der Waals surface area (Å²) in [5.41, 5.74) is 1.59. The second kappa shape index (κ2) is 6.63. The van der Waals surface area contributed by atoms with Crippen molar-refractivity contribution in [1.29, 1.82) is 0 Å². The average Bonchev–Trinajstić information content (AvgIpc) is 2.50. The van der Waals surface area contributed by atoms with Gasteiger partial charge in [-0.3, -0.25) is 4.31 Å². The van der Waals surface area contributed by atoms with E-state index in [2.05, 4.69) is 5.32 Å². The van der Waals surface area contributed by atoms with Crippen molar-refractivity contribution in [2.75, 3.05) is 22.7 Å². The lowest BCUT2D eigenvalue weighted by atomic mass is 10.3. The van der Waals surface area contributed by atoms with Crippen LogP contribution in [0.1, 0.15) is 13.8 Å². The molecule has 0 spiro atoms. The Hall–Kier alpha value is -2.01. The van der Waals surface area contributed by atoms with Gasteiger partial charge in [-0.1, -0.05) is 18.2 Å². The van der Waals surface area contributed by atoms with Gasteiger partial charge in [0.2, 0.25) is 0 Å². The fourth-order valence-electron chi connectivity index (χ4n) is 2.16. The van der Waals surface area contributed by atoms with Crippen LogP contribution in [0.15, 0.2) is 59.5 Å². The van der Waals surface area contributed by atoms with Crippen molar-refractivity contribution < 1.29 is 8.42 Å². The molecule has 112 valence electrons. The highest BCUT2D eigenvalue weighted by Crippen LogP contribution is 2.24. The van der Waals surface area contributed by atoms with Crippen LogP contribution in [0.5, 0.6) is 0 Å². The van der Waals surface area contributed by atoms with Crippen molar-refractivity contribution in [2.45, 2.75) is 18.7 Å². The SMILES string of the molecule is CCNc1ccc(S(=O)(=O)N(CC)c2ccccc2)cc1. The van der Waals surface area contributed by atoms with Gasteiger partial charge in [-0.15, -0.1) is 0 Å². The molecular formula is C16H20N2O2S. The number of hydrogen-bond donors (Lipinski definition) is 1. The Kier molecular flexibility index (Phi) is 4.85. The summed E-state index contributed by atoms with van der Waals surface area (Å²) in [6, 6.07) is 16.0. The number of para-hydroxylation sites is 1. The van der Waals surface area contributed by atoms with E-state index in [4.69, 9.17) is 0 Å². The largest absolute Gasteiger partial charge is 0.385 e. The van der Waals surface area contributed by atoms with Crippen molar-refractivity contribution >= 4 is 21.4 Å². The van der Waals surface area contributed by atoms with Gasteiger partial charge in [0.1, 0.15) is 0 Å². The summed E-state index contributed by atoms with van der Waals surface area (Å²) in [7, 11) is -3.53. The number of hydrogen-bond acceptors (Lipinski definition) is 3. The Morgan fingerprint density at radius 2 is 1.57 bits per heavy atom. The van der Waals surface area contributed by atoms with Crippen molar-refractivity contribution in [1.82, 2.24) is 0 Å². The Balaban J connectivity index is 2.35.